The summed E-state index contributed by atoms with van der Waals surface area (Å²) in [6.45, 7) is 0.620. The number of carbonyl (C=O) groups excluding carboxylic acids is 1. The number of amides is 1. The van der Waals surface area contributed by atoms with Crippen molar-refractivity contribution >= 4 is 5.91 Å². The molecule has 1 N–H and O–H groups in total. The van der Waals surface area contributed by atoms with Crippen LogP contribution in [0, 0.1) is 0 Å². The van der Waals surface area contributed by atoms with Crippen LogP contribution in [0.2, 0.25) is 0 Å². The van der Waals surface area contributed by atoms with E-state index >= 15 is 0 Å². The quantitative estimate of drug-likeness (QED) is 0.665. The maximum atomic E-state index is 12.2. The summed E-state index contributed by atoms with van der Waals surface area (Å²) in [4.78, 5) is 16.6. The molecule has 0 radical (unpaired) electrons. The molecule has 3 aromatic rings. The summed E-state index contributed by atoms with van der Waals surface area (Å²) in [5.41, 5.74) is 3.51. The van der Waals surface area contributed by atoms with Crippen molar-refractivity contribution in [3.05, 3.63) is 66.1 Å². The van der Waals surface area contributed by atoms with Crippen LogP contribution in [-0.4, -0.2) is 34.3 Å². The SMILES string of the molecule is COc1ccc(CCCNC(=O)c2ccc(-c3cnn(C)c3)nc2)cc1. The lowest BCUT2D eigenvalue weighted by molar-refractivity contribution is 0.0953. The number of pyridine rings is 1. The summed E-state index contributed by atoms with van der Waals surface area (Å²) in [6, 6.07) is 11.6. The predicted molar refractivity (Wildman–Crippen MR) is 100 cm³/mol. The number of hydrogen-bond donors (Lipinski definition) is 1. The van der Waals surface area contributed by atoms with E-state index in [1.54, 1.807) is 30.3 Å². The van der Waals surface area contributed by atoms with Gasteiger partial charge in [-0.1, -0.05) is 12.1 Å². The van der Waals surface area contributed by atoms with Crippen LogP contribution in [0.4, 0.5) is 0 Å². The van der Waals surface area contributed by atoms with E-state index in [1.165, 1.54) is 5.56 Å². The number of methoxy groups -OCH3 is 1. The van der Waals surface area contributed by atoms with Crippen LogP contribution in [0.25, 0.3) is 11.3 Å². The minimum atomic E-state index is -0.107. The normalized spacial score (nSPS) is 10.5. The van der Waals surface area contributed by atoms with Crippen molar-refractivity contribution < 1.29 is 9.53 Å². The van der Waals surface area contributed by atoms with Crippen molar-refractivity contribution in [1.82, 2.24) is 20.1 Å². The third-order valence-corrected chi connectivity index (χ3v) is 4.11. The van der Waals surface area contributed by atoms with E-state index < -0.39 is 0 Å². The number of hydrogen-bond acceptors (Lipinski definition) is 4. The fraction of sp³-hybridized carbons (Fsp3) is 0.250. The molecule has 0 aliphatic carbocycles. The lowest BCUT2D eigenvalue weighted by Crippen LogP contribution is -2.24. The van der Waals surface area contributed by atoms with Gasteiger partial charge in [0.25, 0.3) is 5.91 Å². The smallest absolute Gasteiger partial charge is 0.252 e. The van der Waals surface area contributed by atoms with Gasteiger partial charge in [-0.2, -0.15) is 5.10 Å². The first-order valence-corrected chi connectivity index (χ1v) is 8.52. The summed E-state index contributed by atoms with van der Waals surface area (Å²) < 4.78 is 6.87. The topological polar surface area (TPSA) is 69.0 Å². The van der Waals surface area contributed by atoms with Crippen LogP contribution in [0.5, 0.6) is 5.75 Å². The molecule has 1 aromatic carbocycles. The molecule has 2 heterocycles. The first-order valence-electron chi connectivity index (χ1n) is 8.52. The number of ether oxygens (including phenoxy) is 1. The Kier molecular flexibility index (Phi) is 5.63. The average molecular weight is 350 g/mol. The summed E-state index contributed by atoms with van der Waals surface area (Å²) in [7, 11) is 3.51. The second-order valence-corrected chi connectivity index (χ2v) is 6.04. The Bertz CT molecular complexity index is 854. The van der Waals surface area contributed by atoms with Crippen molar-refractivity contribution in [2.75, 3.05) is 13.7 Å². The fourth-order valence-electron chi connectivity index (χ4n) is 2.64. The van der Waals surface area contributed by atoms with Crippen LogP contribution >= 0.6 is 0 Å². The summed E-state index contributed by atoms with van der Waals surface area (Å²) >= 11 is 0. The molecule has 0 bridgehead atoms. The van der Waals surface area contributed by atoms with Gasteiger partial charge in [-0.3, -0.25) is 14.5 Å². The van der Waals surface area contributed by atoms with Crippen molar-refractivity contribution in [3.63, 3.8) is 0 Å². The summed E-state index contributed by atoms with van der Waals surface area (Å²) in [6.07, 6.45) is 7.02. The molecule has 1 amide bonds. The average Bonchev–Trinajstić information content (AvgIpc) is 3.12. The van der Waals surface area contributed by atoms with E-state index in [2.05, 4.69) is 15.4 Å². The largest absolute Gasteiger partial charge is 0.497 e. The number of nitrogens with one attached hydrogen (secondary N) is 1. The molecular formula is C20H22N4O2. The molecule has 0 saturated heterocycles. The Hall–Kier alpha value is -3.15. The van der Waals surface area contributed by atoms with Gasteiger partial charge < -0.3 is 10.1 Å². The van der Waals surface area contributed by atoms with Crippen LogP contribution in [0.1, 0.15) is 22.3 Å². The van der Waals surface area contributed by atoms with Crippen molar-refractivity contribution in [1.29, 1.82) is 0 Å². The number of rotatable bonds is 7. The van der Waals surface area contributed by atoms with Gasteiger partial charge in [0.2, 0.25) is 0 Å². The Morgan fingerprint density at radius 3 is 2.58 bits per heavy atom. The van der Waals surface area contributed by atoms with Gasteiger partial charge in [0.1, 0.15) is 5.75 Å². The zero-order chi connectivity index (χ0) is 18.4. The van der Waals surface area contributed by atoms with Gasteiger partial charge in [-0.25, -0.2) is 0 Å². The van der Waals surface area contributed by atoms with Crippen molar-refractivity contribution in [2.24, 2.45) is 7.05 Å². The van der Waals surface area contributed by atoms with E-state index in [0.29, 0.717) is 12.1 Å². The maximum absolute atomic E-state index is 12.2. The number of aromatic nitrogens is 3. The molecule has 6 nitrogen and oxygen atoms in total. The number of benzene rings is 1. The molecule has 26 heavy (non-hydrogen) atoms. The Balaban J connectivity index is 1.47. The van der Waals surface area contributed by atoms with Gasteiger partial charge in [-0.15, -0.1) is 0 Å². The molecule has 0 fully saturated rings. The molecule has 0 aliphatic rings. The molecule has 0 spiro atoms. The van der Waals surface area contributed by atoms with E-state index in [0.717, 1.165) is 29.8 Å². The molecule has 6 heteroatoms. The summed E-state index contributed by atoms with van der Waals surface area (Å²) in [5.74, 6) is 0.745. The Labute approximate surface area is 152 Å². The zero-order valence-electron chi connectivity index (χ0n) is 15.0. The number of nitrogens with zero attached hydrogens (tertiary/aromatic N) is 3. The third kappa shape index (κ3) is 4.47. The lowest BCUT2D eigenvalue weighted by Gasteiger charge is -2.06. The van der Waals surface area contributed by atoms with Crippen LogP contribution in [0.15, 0.2) is 55.0 Å². The molecule has 0 saturated carbocycles. The summed E-state index contributed by atoms with van der Waals surface area (Å²) in [5, 5.41) is 7.06. The molecule has 0 atom stereocenters. The molecular weight excluding hydrogens is 328 g/mol. The second kappa shape index (κ2) is 8.29. The Morgan fingerprint density at radius 2 is 1.96 bits per heavy atom. The van der Waals surface area contributed by atoms with Gasteiger partial charge in [0.05, 0.1) is 24.6 Å². The van der Waals surface area contributed by atoms with E-state index in [1.807, 2.05) is 43.6 Å². The van der Waals surface area contributed by atoms with Crippen LogP contribution < -0.4 is 10.1 Å². The minimum absolute atomic E-state index is 0.107. The van der Waals surface area contributed by atoms with E-state index in [9.17, 15) is 4.79 Å². The third-order valence-electron chi connectivity index (χ3n) is 4.11. The maximum Gasteiger partial charge on any atom is 0.252 e. The van der Waals surface area contributed by atoms with E-state index in [-0.39, 0.29) is 5.91 Å². The monoisotopic (exact) mass is 350 g/mol. The van der Waals surface area contributed by atoms with Gasteiger partial charge in [-0.05, 0) is 42.7 Å². The lowest BCUT2D eigenvalue weighted by atomic mass is 10.1. The van der Waals surface area contributed by atoms with Gasteiger partial charge >= 0.3 is 0 Å². The van der Waals surface area contributed by atoms with E-state index in [4.69, 9.17) is 4.74 Å². The predicted octanol–water partition coefficient (Wildman–Crippen LogP) is 2.85. The fourth-order valence-corrected chi connectivity index (χ4v) is 2.64. The molecule has 2 aromatic heterocycles. The molecule has 134 valence electrons. The number of carbonyl (C=O) groups is 1. The minimum Gasteiger partial charge on any atom is -0.497 e. The van der Waals surface area contributed by atoms with Gasteiger partial charge in [0.15, 0.2) is 0 Å². The highest BCUT2D eigenvalue weighted by Gasteiger charge is 2.07. The number of aryl methyl sites for hydroxylation is 2. The zero-order valence-corrected chi connectivity index (χ0v) is 15.0. The standard InChI is InChI=1S/C20H22N4O2/c1-24-14-17(13-23-24)19-10-7-16(12-22-19)20(25)21-11-3-4-15-5-8-18(26-2)9-6-15/h5-10,12-14H,3-4,11H2,1-2H3,(H,21,25). The highest BCUT2D eigenvalue weighted by atomic mass is 16.5. The van der Waals surface area contributed by atoms with Crippen LogP contribution in [0.3, 0.4) is 0 Å². The first kappa shape index (κ1) is 17.7. The highest BCUT2D eigenvalue weighted by Crippen LogP contribution is 2.15. The molecule has 0 aliphatic heterocycles. The van der Waals surface area contributed by atoms with Crippen LogP contribution in [-0.2, 0) is 13.5 Å². The Morgan fingerprint density at radius 1 is 1.15 bits per heavy atom. The molecule has 3 rings (SSSR count). The first-order chi connectivity index (χ1) is 12.7. The van der Waals surface area contributed by atoms with Crippen molar-refractivity contribution in [3.8, 4) is 17.0 Å². The highest BCUT2D eigenvalue weighted by molar-refractivity contribution is 5.94. The van der Waals surface area contributed by atoms with Gasteiger partial charge in [0, 0.05) is 31.5 Å². The second-order valence-electron chi connectivity index (χ2n) is 6.04. The molecule has 0 unspecified atom stereocenters. The van der Waals surface area contributed by atoms with Crippen molar-refractivity contribution in [2.45, 2.75) is 12.8 Å².